The number of pyridine rings is 1. The van der Waals surface area contributed by atoms with E-state index in [-0.39, 0.29) is 5.91 Å². The van der Waals surface area contributed by atoms with Crippen molar-refractivity contribution in [2.75, 3.05) is 20.3 Å². The van der Waals surface area contributed by atoms with Crippen LogP contribution < -0.4 is 14.8 Å². The molecule has 2 heterocycles. The van der Waals surface area contributed by atoms with Crippen LogP contribution in [-0.2, 0) is 6.42 Å². The van der Waals surface area contributed by atoms with Crippen molar-refractivity contribution in [1.82, 2.24) is 14.7 Å². The predicted molar refractivity (Wildman–Crippen MR) is 103 cm³/mol. The third-order valence-corrected chi connectivity index (χ3v) is 4.39. The van der Waals surface area contributed by atoms with Crippen molar-refractivity contribution >= 4 is 27.5 Å². The third-order valence-electron chi connectivity index (χ3n) is 3.92. The summed E-state index contributed by atoms with van der Waals surface area (Å²) in [6, 6.07) is 11.1. The van der Waals surface area contributed by atoms with Crippen molar-refractivity contribution in [2.45, 2.75) is 13.3 Å². The number of carbonyl (C=O) groups excluding carboxylic acids is 1. The molecule has 0 aliphatic carbocycles. The lowest BCUT2D eigenvalue weighted by Gasteiger charge is -2.09. The van der Waals surface area contributed by atoms with E-state index < -0.39 is 0 Å². The van der Waals surface area contributed by atoms with Gasteiger partial charge in [0.2, 0.25) is 0 Å². The molecule has 136 valence electrons. The highest BCUT2D eigenvalue weighted by atomic mass is 79.9. The van der Waals surface area contributed by atoms with Crippen LogP contribution in [-0.4, -0.2) is 35.6 Å². The van der Waals surface area contributed by atoms with Crippen LogP contribution in [0.25, 0.3) is 5.65 Å². The molecular weight excluding hydrogens is 398 g/mol. The van der Waals surface area contributed by atoms with E-state index >= 15 is 0 Å². The lowest BCUT2D eigenvalue weighted by molar-refractivity contribution is 0.0940. The second-order valence-corrected chi connectivity index (χ2v) is 6.53. The molecule has 0 unspecified atom stereocenters. The number of aryl methyl sites for hydroxylation is 1. The Morgan fingerprint density at radius 2 is 1.92 bits per heavy atom. The fourth-order valence-corrected chi connectivity index (χ4v) is 2.98. The monoisotopic (exact) mass is 417 g/mol. The van der Waals surface area contributed by atoms with E-state index in [0.29, 0.717) is 25.3 Å². The lowest BCUT2D eigenvalue weighted by atomic mass is 10.2. The maximum atomic E-state index is 12.6. The number of aromatic nitrogens is 2. The van der Waals surface area contributed by atoms with Gasteiger partial charge >= 0.3 is 0 Å². The molecule has 6 nitrogen and oxygen atoms in total. The van der Waals surface area contributed by atoms with Crippen molar-refractivity contribution in [3.05, 3.63) is 58.5 Å². The molecule has 0 aliphatic heterocycles. The average Bonchev–Trinajstić information content (AvgIpc) is 3.03. The van der Waals surface area contributed by atoms with E-state index in [1.54, 1.807) is 7.11 Å². The summed E-state index contributed by atoms with van der Waals surface area (Å²) in [5, 5.41) is 2.90. The SMILES string of the molecule is CCc1nc2ccc(Br)cn2c1C(=O)NCCOc1ccc(OC)cc1. The summed E-state index contributed by atoms with van der Waals surface area (Å²) in [5.41, 5.74) is 2.09. The van der Waals surface area contributed by atoms with E-state index in [4.69, 9.17) is 9.47 Å². The normalized spacial score (nSPS) is 10.7. The Kier molecular flexibility index (Phi) is 5.78. The Hall–Kier alpha value is -2.54. The third kappa shape index (κ3) is 3.99. The minimum Gasteiger partial charge on any atom is -0.497 e. The van der Waals surface area contributed by atoms with E-state index in [0.717, 1.165) is 27.3 Å². The molecule has 0 fully saturated rings. The number of benzene rings is 1. The number of nitrogens with zero attached hydrogens (tertiary/aromatic N) is 2. The van der Waals surface area contributed by atoms with Crippen molar-refractivity contribution in [3.8, 4) is 11.5 Å². The minimum absolute atomic E-state index is 0.161. The number of halogens is 1. The Bertz CT molecular complexity index is 906. The quantitative estimate of drug-likeness (QED) is 0.597. The summed E-state index contributed by atoms with van der Waals surface area (Å²) in [5.74, 6) is 1.34. The molecule has 3 aromatic rings. The summed E-state index contributed by atoms with van der Waals surface area (Å²) in [6.45, 7) is 2.76. The van der Waals surface area contributed by atoms with E-state index in [1.807, 2.05) is 53.9 Å². The smallest absolute Gasteiger partial charge is 0.270 e. The molecule has 2 aromatic heterocycles. The van der Waals surface area contributed by atoms with E-state index in [1.165, 1.54) is 0 Å². The van der Waals surface area contributed by atoms with E-state index in [2.05, 4.69) is 26.2 Å². The van der Waals surface area contributed by atoms with Gasteiger partial charge in [0.1, 0.15) is 29.4 Å². The highest BCUT2D eigenvalue weighted by molar-refractivity contribution is 9.10. The minimum atomic E-state index is -0.161. The van der Waals surface area contributed by atoms with Crippen molar-refractivity contribution < 1.29 is 14.3 Å². The number of rotatable bonds is 7. The molecule has 0 bridgehead atoms. The van der Waals surface area contributed by atoms with Gasteiger partial charge in [-0.25, -0.2) is 4.98 Å². The molecule has 0 spiro atoms. The molecule has 0 radical (unpaired) electrons. The molecule has 3 rings (SSSR count). The van der Waals surface area contributed by atoms with Crippen LogP contribution in [0.2, 0.25) is 0 Å². The molecule has 0 atom stereocenters. The van der Waals surface area contributed by atoms with Crippen LogP contribution in [0.15, 0.2) is 47.1 Å². The van der Waals surface area contributed by atoms with Gasteiger partial charge in [0.05, 0.1) is 19.3 Å². The maximum absolute atomic E-state index is 12.6. The number of fused-ring (bicyclic) bond motifs is 1. The number of methoxy groups -OCH3 is 1. The van der Waals surface area contributed by atoms with Gasteiger partial charge in [-0.2, -0.15) is 0 Å². The summed E-state index contributed by atoms with van der Waals surface area (Å²) in [7, 11) is 1.62. The predicted octanol–water partition coefficient (Wildman–Crippen LogP) is 3.48. The molecular formula is C19H20BrN3O3. The number of nitrogens with one attached hydrogen (secondary N) is 1. The van der Waals surface area contributed by atoms with Gasteiger partial charge in [0, 0.05) is 10.7 Å². The zero-order valence-electron chi connectivity index (χ0n) is 14.7. The number of ether oxygens (including phenoxy) is 2. The highest BCUT2D eigenvalue weighted by Gasteiger charge is 2.18. The summed E-state index contributed by atoms with van der Waals surface area (Å²) >= 11 is 3.44. The lowest BCUT2D eigenvalue weighted by Crippen LogP contribution is -2.29. The van der Waals surface area contributed by atoms with Gasteiger partial charge in [0.25, 0.3) is 5.91 Å². The molecule has 0 saturated carbocycles. The van der Waals surface area contributed by atoms with Crippen molar-refractivity contribution in [2.24, 2.45) is 0 Å². The fourth-order valence-electron chi connectivity index (χ4n) is 2.64. The number of hydrogen-bond donors (Lipinski definition) is 1. The number of hydrogen-bond acceptors (Lipinski definition) is 4. The van der Waals surface area contributed by atoms with Crippen LogP contribution in [0, 0.1) is 0 Å². The van der Waals surface area contributed by atoms with Crippen LogP contribution in [0.4, 0.5) is 0 Å². The topological polar surface area (TPSA) is 64.9 Å². The Morgan fingerprint density at radius 1 is 1.19 bits per heavy atom. The second kappa shape index (κ2) is 8.23. The maximum Gasteiger partial charge on any atom is 0.270 e. The Morgan fingerprint density at radius 3 is 2.62 bits per heavy atom. The molecule has 0 aliphatic rings. The van der Waals surface area contributed by atoms with Gasteiger partial charge < -0.3 is 14.8 Å². The first-order chi connectivity index (χ1) is 12.6. The second-order valence-electron chi connectivity index (χ2n) is 5.62. The fraction of sp³-hybridized carbons (Fsp3) is 0.263. The van der Waals surface area contributed by atoms with Gasteiger partial charge in [-0.15, -0.1) is 0 Å². The molecule has 0 saturated heterocycles. The van der Waals surface area contributed by atoms with Crippen molar-refractivity contribution in [1.29, 1.82) is 0 Å². The summed E-state index contributed by atoms with van der Waals surface area (Å²) in [4.78, 5) is 17.2. The van der Waals surface area contributed by atoms with Gasteiger partial charge in [-0.05, 0) is 58.7 Å². The first-order valence-electron chi connectivity index (χ1n) is 8.34. The first kappa shape index (κ1) is 18.3. The van der Waals surface area contributed by atoms with Crippen LogP contribution in [0.3, 0.4) is 0 Å². The van der Waals surface area contributed by atoms with E-state index in [9.17, 15) is 4.79 Å². The van der Waals surface area contributed by atoms with Gasteiger partial charge in [0.15, 0.2) is 0 Å². The Balaban J connectivity index is 1.62. The molecule has 26 heavy (non-hydrogen) atoms. The molecule has 1 aromatic carbocycles. The first-order valence-corrected chi connectivity index (χ1v) is 9.13. The summed E-state index contributed by atoms with van der Waals surface area (Å²) < 4.78 is 13.4. The average molecular weight is 418 g/mol. The van der Waals surface area contributed by atoms with Crippen LogP contribution >= 0.6 is 15.9 Å². The zero-order valence-corrected chi connectivity index (χ0v) is 16.2. The highest BCUT2D eigenvalue weighted by Crippen LogP contribution is 2.18. The zero-order chi connectivity index (χ0) is 18.5. The molecule has 1 amide bonds. The van der Waals surface area contributed by atoms with Crippen LogP contribution in [0.5, 0.6) is 11.5 Å². The molecule has 7 heteroatoms. The largest absolute Gasteiger partial charge is 0.497 e. The standard InChI is InChI=1S/C19H20BrN3O3/c1-3-16-18(23-12-13(20)4-9-17(23)22-16)19(24)21-10-11-26-15-7-5-14(25-2)6-8-15/h4-9,12H,3,10-11H2,1-2H3,(H,21,24). The number of carbonyl (C=O) groups is 1. The van der Waals surface area contributed by atoms with Gasteiger partial charge in [-0.3, -0.25) is 9.20 Å². The number of amides is 1. The Labute approximate surface area is 160 Å². The van der Waals surface area contributed by atoms with Gasteiger partial charge in [-0.1, -0.05) is 6.92 Å². The summed E-state index contributed by atoms with van der Waals surface area (Å²) in [6.07, 6.45) is 2.54. The van der Waals surface area contributed by atoms with Crippen molar-refractivity contribution in [3.63, 3.8) is 0 Å². The number of imidazole rings is 1. The molecule has 1 N–H and O–H groups in total. The van der Waals surface area contributed by atoms with Crippen LogP contribution in [0.1, 0.15) is 23.1 Å².